The van der Waals surface area contributed by atoms with Crippen LogP contribution in [0.4, 0.5) is 13.2 Å². The van der Waals surface area contributed by atoms with E-state index in [1.54, 1.807) is 6.92 Å². The van der Waals surface area contributed by atoms with Gasteiger partial charge in [0.2, 0.25) is 5.91 Å². The molecule has 3 saturated carbocycles. The maximum absolute atomic E-state index is 13.6. The molecule has 0 aromatic heterocycles. The Bertz CT molecular complexity index is 1180. The summed E-state index contributed by atoms with van der Waals surface area (Å²) in [5, 5.41) is 15.2. The number of hydrogen-bond acceptors (Lipinski definition) is 5. The first-order valence-corrected chi connectivity index (χ1v) is 14.4. The molecule has 228 valence electrons. The van der Waals surface area contributed by atoms with Crippen LogP contribution in [-0.4, -0.2) is 54.9 Å². The number of carboxylic acids is 1. The van der Waals surface area contributed by atoms with Gasteiger partial charge in [-0.3, -0.25) is 14.4 Å². The Balaban J connectivity index is 1.48. The number of carboxylic acid groups (broad SMARTS) is 1. The van der Waals surface area contributed by atoms with Crippen LogP contribution in [0.2, 0.25) is 5.02 Å². The normalized spacial score (nSPS) is 29.6. The number of ether oxygens (including phenoxy) is 2. The number of methoxy groups -OCH3 is 1. The Hall–Kier alpha value is -2.69. The summed E-state index contributed by atoms with van der Waals surface area (Å²) in [5.41, 5.74) is -2.74. The van der Waals surface area contributed by atoms with Crippen molar-refractivity contribution < 1.29 is 42.1 Å². The van der Waals surface area contributed by atoms with E-state index >= 15 is 0 Å². The van der Waals surface area contributed by atoms with E-state index in [1.165, 1.54) is 19.2 Å². The van der Waals surface area contributed by atoms with Crippen LogP contribution in [0.25, 0.3) is 0 Å². The summed E-state index contributed by atoms with van der Waals surface area (Å²) in [4.78, 5) is 38.3. The molecule has 4 rings (SSSR count). The molecule has 4 atom stereocenters. The minimum absolute atomic E-state index is 0.0203. The average molecular weight is 603 g/mol. The standard InChI is InChI=1S/C29H38ClF3N2O6/c1-27(2,29(31,32)33)14-34-25(37)22-15-5-6-16(11-15)23(22)35-24(36)18-12-21(19(30)13-20(18)40-4)41-17-7-9-28(3,10-8-17)26(38)39/h12-13,15-17,22-23H,5-11,14H2,1-4H3,(H,34,37)(H,35,36)(H,38,39)/t15-,16+,17-,22+,23-,28+/m1/s1. The molecule has 0 spiro atoms. The summed E-state index contributed by atoms with van der Waals surface area (Å²) < 4.78 is 51.5. The monoisotopic (exact) mass is 602 g/mol. The molecule has 3 N–H and O–H groups in total. The van der Waals surface area contributed by atoms with Gasteiger partial charge in [-0.05, 0) is 83.6 Å². The Labute approximate surface area is 242 Å². The predicted octanol–water partition coefficient (Wildman–Crippen LogP) is 5.61. The Morgan fingerprint density at radius 2 is 1.71 bits per heavy atom. The van der Waals surface area contributed by atoms with E-state index in [0.717, 1.165) is 33.1 Å². The molecule has 8 nitrogen and oxygen atoms in total. The fourth-order valence-corrected chi connectivity index (χ4v) is 6.54. The van der Waals surface area contributed by atoms with Crippen LogP contribution in [0.3, 0.4) is 0 Å². The Morgan fingerprint density at radius 1 is 1.07 bits per heavy atom. The molecule has 0 saturated heterocycles. The van der Waals surface area contributed by atoms with Crippen molar-refractivity contribution in [2.75, 3.05) is 13.7 Å². The van der Waals surface area contributed by atoms with Crippen LogP contribution in [0, 0.1) is 28.6 Å². The zero-order valence-electron chi connectivity index (χ0n) is 23.7. The molecule has 3 aliphatic rings. The number of carbonyl (C=O) groups excluding carboxylic acids is 2. The molecule has 12 heteroatoms. The maximum atomic E-state index is 13.6. The van der Waals surface area contributed by atoms with Crippen LogP contribution in [0.5, 0.6) is 11.5 Å². The van der Waals surface area contributed by atoms with Crippen molar-refractivity contribution in [3.05, 3.63) is 22.7 Å². The molecule has 3 aliphatic carbocycles. The molecule has 0 unspecified atom stereocenters. The molecular formula is C29H38ClF3N2O6. The predicted molar refractivity (Wildman–Crippen MR) is 145 cm³/mol. The minimum atomic E-state index is -4.47. The lowest BCUT2D eigenvalue weighted by atomic mass is 9.75. The zero-order valence-corrected chi connectivity index (χ0v) is 24.5. The molecule has 41 heavy (non-hydrogen) atoms. The molecule has 0 aliphatic heterocycles. The van der Waals surface area contributed by atoms with Crippen molar-refractivity contribution in [2.24, 2.45) is 28.6 Å². The van der Waals surface area contributed by atoms with Gasteiger partial charge < -0.3 is 25.2 Å². The number of fused-ring (bicyclic) bond motifs is 2. The second kappa shape index (κ2) is 11.5. The van der Waals surface area contributed by atoms with E-state index in [1.807, 2.05) is 0 Å². The number of hydrogen-bond donors (Lipinski definition) is 3. The van der Waals surface area contributed by atoms with Crippen LogP contribution in [-0.2, 0) is 9.59 Å². The third-order valence-corrected chi connectivity index (χ3v) is 9.63. The van der Waals surface area contributed by atoms with Gasteiger partial charge >= 0.3 is 12.1 Å². The molecule has 0 radical (unpaired) electrons. The number of benzene rings is 1. The summed E-state index contributed by atoms with van der Waals surface area (Å²) >= 11 is 6.44. The third-order valence-electron chi connectivity index (χ3n) is 9.33. The van der Waals surface area contributed by atoms with Gasteiger partial charge in [-0.1, -0.05) is 11.6 Å². The molecule has 3 fully saturated rings. The Morgan fingerprint density at radius 3 is 2.29 bits per heavy atom. The van der Waals surface area contributed by atoms with Crippen molar-refractivity contribution in [1.82, 2.24) is 10.6 Å². The van der Waals surface area contributed by atoms with E-state index in [9.17, 15) is 32.7 Å². The van der Waals surface area contributed by atoms with Gasteiger partial charge in [-0.25, -0.2) is 0 Å². The van der Waals surface area contributed by atoms with E-state index in [4.69, 9.17) is 21.1 Å². The highest BCUT2D eigenvalue weighted by Gasteiger charge is 2.53. The molecular weight excluding hydrogens is 565 g/mol. The number of aliphatic carboxylic acids is 1. The molecule has 0 heterocycles. The maximum Gasteiger partial charge on any atom is 0.395 e. The second-order valence-electron chi connectivity index (χ2n) is 12.6. The first-order chi connectivity index (χ1) is 19.1. The third kappa shape index (κ3) is 6.39. The molecule has 2 bridgehead atoms. The van der Waals surface area contributed by atoms with Crippen LogP contribution in [0.1, 0.15) is 76.1 Å². The van der Waals surface area contributed by atoms with E-state index in [2.05, 4.69) is 10.6 Å². The second-order valence-corrected chi connectivity index (χ2v) is 13.0. The lowest BCUT2D eigenvalue weighted by molar-refractivity contribution is -0.209. The van der Waals surface area contributed by atoms with E-state index in [0.29, 0.717) is 25.7 Å². The Kier molecular flexibility index (Phi) is 8.79. The van der Waals surface area contributed by atoms with Gasteiger partial charge in [-0.2, -0.15) is 13.2 Å². The molecule has 2 amide bonds. The van der Waals surface area contributed by atoms with Crippen LogP contribution >= 0.6 is 11.6 Å². The van der Waals surface area contributed by atoms with Crippen molar-refractivity contribution in [3.8, 4) is 11.5 Å². The number of alkyl halides is 3. The van der Waals surface area contributed by atoms with Crippen molar-refractivity contribution in [2.45, 2.75) is 84.0 Å². The van der Waals surface area contributed by atoms with Crippen LogP contribution < -0.4 is 20.1 Å². The number of carbonyl (C=O) groups is 3. The number of halogens is 4. The number of amides is 2. The fourth-order valence-electron chi connectivity index (χ4n) is 6.34. The summed E-state index contributed by atoms with van der Waals surface area (Å²) in [7, 11) is 1.40. The van der Waals surface area contributed by atoms with Gasteiger partial charge in [0.1, 0.15) is 11.5 Å². The first-order valence-electron chi connectivity index (χ1n) is 14.0. The summed E-state index contributed by atoms with van der Waals surface area (Å²) in [6.45, 7) is 3.24. The van der Waals surface area contributed by atoms with Crippen LogP contribution in [0.15, 0.2) is 12.1 Å². The highest BCUT2D eigenvalue weighted by Crippen LogP contribution is 2.49. The van der Waals surface area contributed by atoms with Gasteiger partial charge in [0.05, 0.1) is 40.5 Å². The van der Waals surface area contributed by atoms with Crippen molar-refractivity contribution in [1.29, 1.82) is 0 Å². The summed E-state index contributed by atoms with van der Waals surface area (Å²) in [6.07, 6.45) is -0.512. The van der Waals surface area contributed by atoms with Crippen molar-refractivity contribution >= 4 is 29.4 Å². The number of nitrogens with one attached hydrogen (secondary N) is 2. The topological polar surface area (TPSA) is 114 Å². The van der Waals surface area contributed by atoms with Gasteiger partial charge in [-0.15, -0.1) is 0 Å². The largest absolute Gasteiger partial charge is 0.496 e. The van der Waals surface area contributed by atoms with Gasteiger partial charge in [0, 0.05) is 18.7 Å². The van der Waals surface area contributed by atoms with Crippen molar-refractivity contribution in [3.63, 3.8) is 0 Å². The lowest BCUT2D eigenvalue weighted by Crippen LogP contribution is -2.52. The lowest BCUT2D eigenvalue weighted by Gasteiger charge is -2.34. The zero-order chi connectivity index (χ0) is 30.3. The molecule has 1 aromatic carbocycles. The first kappa shape index (κ1) is 31.3. The summed E-state index contributed by atoms with van der Waals surface area (Å²) in [5.74, 6) is -1.98. The summed E-state index contributed by atoms with van der Waals surface area (Å²) in [6, 6.07) is 2.42. The highest BCUT2D eigenvalue weighted by molar-refractivity contribution is 6.32. The highest BCUT2D eigenvalue weighted by atomic mass is 35.5. The minimum Gasteiger partial charge on any atom is -0.496 e. The van der Waals surface area contributed by atoms with Gasteiger partial charge in [0.15, 0.2) is 0 Å². The van der Waals surface area contributed by atoms with E-state index in [-0.39, 0.29) is 40.0 Å². The average Bonchev–Trinajstić information content (AvgIpc) is 3.51. The smallest absolute Gasteiger partial charge is 0.395 e. The fraction of sp³-hybridized carbons (Fsp3) is 0.690. The van der Waals surface area contributed by atoms with Gasteiger partial charge in [0.25, 0.3) is 5.91 Å². The quantitative estimate of drug-likeness (QED) is 0.339. The molecule has 1 aromatic rings. The number of rotatable bonds is 9. The van der Waals surface area contributed by atoms with E-state index < -0.39 is 53.3 Å². The SMILES string of the molecule is COc1cc(Cl)c(O[C@H]2CC[C@@](C)(C(=O)O)CC2)cc1C(=O)N[C@@H]1[C@H]2CC[C@H](C2)[C@@H]1C(=O)NCC(C)(C)C(F)(F)F.